The third kappa shape index (κ3) is 5.74. The van der Waals surface area contributed by atoms with Crippen LogP contribution in [-0.2, 0) is 0 Å². The number of aromatic nitrogens is 2. The van der Waals surface area contributed by atoms with Crippen molar-refractivity contribution in [1.82, 2.24) is 9.97 Å². The molecule has 0 aliphatic rings. The molecule has 0 fully saturated rings. The number of carbonyl (C=O) groups is 1. The number of pyridine rings is 2. The van der Waals surface area contributed by atoms with Gasteiger partial charge in [-0.15, -0.1) is 0 Å². The monoisotopic (exact) mass is 374 g/mol. The number of ether oxygens (including phenoxy) is 1. The number of nitrogens with zero attached hydrogens (tertiary/aromatic N) is 2. The Morgan fingerprint density at radius 1 is 0.957 bits per heavy atom. The second-order valence-corrected chi connectivity index (χ2v) is 5.93. The van der Waals surface area contributed by atoms with Crippen LogP contribution >= 0.6 is 34.8 Å². The van der Waals surface area contributed by atoms with Crippen LogP contribution in [-0.4, -0.2) is 22.1 Å². The Labute approximate surface area is 148 Å². The summed E-state index contributed by atoms with van der Waals surface area (Å²) in [6.07, 6.45) is -0.0660. The molecule has 23 heavy (non-hydrogen) atoms. The van der Waals surface area contributed by atoms with Crippen LogP contribution < -0.4 is 15.4 Å². The highest BCUT2D eigenvalue weighted by molar-refractivity contribution is 6.33. The van der Waals surface area contributed by atoms with Crippen molar-refractivity contribution < 1.29 is 9.53 Å². The number of rotatable bonds is 4. The molecular weight excluding hydrogens is 363 g/mol. The molecule has 2 amide bonds. The van der Waals surface area contributed by atoms with E-state index in [0.717, 1.165) is 0 Å². The number of anilines is 2. The fraction of sp³-hybridized carbons (Fsp3) is 0.214. The summed E-state index contributed by atoms with van der Waals surface area (Å²) in [5, 5.41) is 5.76. The predicted molar refractivity (Wildman–Crippen MR) is 91.9 cm³/mol. The van der Waals surface area contributed by atoms with Crippen LogP contribution in [0.15, 0.2) is 24.3 Å². The van der Waals surface area contributed by atoms with Gasteiger partial charge in [-0.1, -0.05) is 34.8 Å². The lowest BCUT2D eigenvalue weighted by Crippen LogP contribution is -2.19. The Hall–Kier alpha value is -1.76. The van der Waals surface area contributed by atoms with Crippen LogP contribution in [0.1, 0.15) is 13.8 Å². The lowest BCUT2D eigenvalue weighted by atomic mass is 10.4. The summed E-state index contributed by atoms with van der Waals surface area (Å²) in [4.78, 5) is 19.8. The van der Waals surface area contributed by atoms with E-state index in [-0.39, 0.29) is 21.6 Å². The molecule has 0 aliphatic carbocycles. The van der Waals surface area contributed by atoms with Crippen LogP contribution in [0.5, 0.6) is 5.88 Å². The van der Waals surface area contributed by atoms with E-state index in [2.05, 4.69) is 20.6 Å². The van der Waals surface area contributed by atoms with E-state index < -0.39 is 6.03 Å². The Morgan fingerprint density at radius 3 is 1.96 bits per heavy atom. The highest BCUT2D eigenvalue weighted by Crippen LogP contribution is 2.22. The van der Waals surface area contributed by atoms with Crippen molar-refractivity contribution in [2.45, 2.75) is 20.0 Å². The van der Waals surface area contributed by atoms with Crippen molar-refractivity contribution in [2.24, 2.45) is 0 Å². The van der Waals surface area contributed by atoms with Crippen molar-refractivity contribution in [3.05, 3.63) is 39.7 Å². The first kappa shape index (κ1) is 17.6. The second kappa shape index (κ2) is 7.68. The van der Waals surface area contributed by atoms with Gasteiger partial charge in [0.2, 0.25) is 5.88 Å². The van der Waals surface area contributed by atoms with Crippen LogP contribution in [0.25, 0.3) is 0 Å². The number of hydrogen-bond acceptors (Lipinski definition) is 4. The van der Waals surface area contributed by atoms with E-state index >= 15 is 0 Å². The molecular formula is C14H13Cl3N4O2. The minimum atomic E-state index is -0.499. The van der Waals surface area contributed by atoms with Crippen LogP contribution in [0.3, 0.4) is 0 Å². The normalized spacial score (nSPS) is 10.5. The maximum absolute atomic E-state index is 12.0. The molecule has 2 aromatic rings. The SMILES string of the molecule is CC(C)Oc1cc(NC(=O)Nc2cc(Cl)nc(Cl)c2)cc(Cl)n1. The summed E-state index contributed by atoms with van der Waals surface area (Å²) in [6.45, 7) is 3.72. The molecule has 0 saturated heterocycles. The summed E-state index contributed by atoms with van der Waals surface area (Å²) in [6, 6.07) is 5.51. The summed E-state index contributed by atoms with van der Waals surface area (Å²) < 4.78 is 5.46. The molecule has 0 spiro atoms. The third-order valence-corrected chi connectivity index (χ3v) is 2.99. The van der Waals surface area contributed by atoms with Crippen LogP contribution in [0.4, 0.5) is 16.2 Å². The average Bonchev–Trinajstić information content (AvgIpc) is 2.34. The molecule has 2 heterocycles. The molecule has 0 atom stereocenters. The van der Waals surface area contributed by atoms with Gasteiger partial charge in [-0.05, 0) is 32.0 Å². The summed E-state index contributed by atoms with van der Waals surface area (Å²) in [7, 11) is 0. The number of hydrogen-bond donors (Lipinski definition) is 2. The van der Waals surface area contributed by atoms with Gasteiger partial charge in [0.05, 0.1) is 11.8 Å². The molecule has 0 aliphatic heterocycles. The lowest BCUT2D eigenvalue weighted by Gasteiger charge is -2.12. The first-order chi connectivity index (χ1) is 10.8. The highest BCUT2D eigenvalue weighted by atomic mass is 35.5. The van der Waals surface area contributed by atoms with Gasteiger partial charge >= 0.3 is 6.03 Å². The molecule has 2 rings (SSSR count). The Balaban J connectivity index is 2.09. The first-order valence-corrected chi connectivity index (χ1v) is 7.70. The van der Waals surface area contributed by atoms with Crippen molar-refractivity contribution in [1.29, 1.82) is 0 Å². The second-order valence-electron chi connectivity index (χ2n) is 4.76. The smallest absolute Gasteiger partial charge is 0.323 e. The Kier molecular flexibility index (Phi) is 5.87. The van der Waals surface area contributed by atoms with Gasteiger partial charge in [-0.25, -0.2) is 14.8 Å². The van der Waals surface area contributed by atoms with Gasteiger partial charge in [0, 0.05) is 11.8 Å². The number of carbonyl (C=O) groups excluding carboxylic acids is 1. The van der Waals surface area contributed by atoms with Crippen molar-refractivity contribution >= 4 is 52.2 Å². The van der Waals surface area contributed by atoms with Crippen LogP contribution in [0, 0.1) is 0 Å². The van der Waals surface area contributed by atoms with Crippen molar-refractivity contribution in [3.63, 3.8) is 0 Å². The standard InChI is InChI=1S/C14H13Cl3N4O2/c1-7(2)23-13-6-9(5-12(17)21-13)19-14(22)18-8-3-10(15)20-11(16)4-8/h3-7H,1-2H3,(H2,18,19,20,21,22). The number of halogens is 3. The van der Waals surface area contributed by atoms with Gasteiger partial charge in [0.15, 0.2) is 0 Å². The van der Waals surface area contributed by atoms with Crippen molar-refractivity contribution in [3.8, 4) is 5.88 Å². The lowest BCUT2D eigenvalue weighted by molar-refractivity contribution is 0.233. The Morgan fingerprint density at radius 2 is 1.43 bits per heavy atom. The maximum atomic E-state index is 12.0. The molecule has 0 saturated carbocycles. The minimum absolute atomic E-state index is 0.0660. The highest BCUT2D eigenvalue weighted by Gasteiger charge is 2.09. The molecule has 9 heteroatoms. The van der Waals surface area contributed by atoms with E-state index in [4.69, 9.17) is 39.5 Å². The molecule has 0 radical (unpaired) electrons. The first-order valence-electron chi connectivity index (χ1n) is 6.57. The maximum Gasteiger partial charge on any atom is 0.323 e. The van der Waals surface area contributed by atoms with Crippen molar-refractivity contribution in [2.75, 3.05) is 10.6 Å². The van der Waals surface area contributed by atoms with Gasteiger partial charge in [0.1, 0.15) is 15.5 Å². The zero-order chi connectivity index (χ0) is 17.0. The van der Waals surface area contributed by atoms with E-state index in [1.54, 1.807) is 6.07 Å². The molecule has 0 unspecified atom stereocenters. The summed E-state index contributed by atoms with van der Waals surface area (Å²) in [5.74, 6) is 0.317. The molecule has 2 aromatic heterocycles. The molecule has 0 bridgehead atoms. The van der Waals surface area contributed by atoms with E-state index in [1.165, 1.54) is 18.2 Å². The fourth-order valence-electron chi connectivity index (χ4n) is 1.68. The number of amides is 2. The summed E-state index contributed by atoms with van der Waals surface area (Å²) in [5.41, 5.74) is 0.843. The fourth-order valence-corrected chi connectivity index (χ4v) is 2.34. The van der Waals surface area contributed by atoms with Gasteiger partial charge in [0.25, 0.3) is 0 Å². The molecule has 122 valence electrons. The van der Waals surface area contributed by atoms with Gasteiger partial charge in [-0.2, -0.15) is 0 Å². The quantitative estimate of drug-likeness (QED) is 0.748. The molecule has 2 N–H and O–H groups in total. The van der Waals surface area contributed by atoms with E-state index in [9.17, 15) is 4.79 Å². The van der Waals surface area contributed by atoms with E-state index in [0.29, 0.717) is 17.3 Å². The predicted octanol–water partition coefficient (Wildman–Crippen LogP) is 4.87. The Bertz CT molecular complexity index is 705. The third-order valence-electron chi connectivity index (χ3n) is 2.41. The topological polar surface area (TPSA) is 76.1 Å². The number of nitrogens with one attached hydrogen (secondary N) is 2. The van der Waals surface area contributed by atoms with Crippen LogP contribution in [0.2, 0.25) is 15.5 Å². The largest absolute Gasteiger partial charge is 0.475 e. The average molecular weight is 376 g/mol. The zero-order valence-electron chi connectivity index (χ0n) is 12.2. The van der Waals surface area contributed by atoms with Gasteiger partial charge in [-0.3, -0.25) is 0 Å². The van der Waals surface area contributed by atoms with Gasteiger partial charge < -0.3 is 15.4 Å². The summed E-state index contributed by atoms with van der Waals surface area (Å²) >= 11 is 17.5. The molecule has 0 aromatic carbocycles. The number of urea groups is 1. The molecule has 6 nitrogen and oxygen atoms in total. The van der Waals surface area contributed by atoms with E-state index in [1.807, 2.05) is 13.8 Å². The zero-order valence-corrected chi connectivity index (χ0v) is 14.5. The minimum Gasteiger partial charge on any atom is -0.475 e.